The predicted molar refractivity (Wildman–Crippen MR) is 66.6 cm³/mol. The summed E-state index contributed by atoms with van der Waals surface area (Å²) in [6, 6.07) is 1.92. The van der Waals surface area contributed by atoms with Gasteiger partial charge in [-0.2, -0.15) is 5.10 Å². The predicted octanol–water partition coefficient (Wildman–Crippen LogP) is 1.78. The van der Waals surface area contributed by atoms with E-state index in [0.717, 1.165) is 31.6 Å². The third kappa shape index (κ3) is 2.13. The molecule has 5 nitrogen and oxygen atoms in total. The quantitative estimate of drug-likeness (QED) is 0.737. The highest BCUT2D eigenvalue weighted by molar-refractivity contribution is 5.84. The van der Waals surface area contributed by atoms with Crippen molar-refractivity contribution in [2.75, 3.05) is 18.0 Å². The van der Waals surface area contributed by atoms with Crippen LogP contribution in [0.2, 0.25) is 0 Å². The summed E-state index contributed by atoms with van der Waals surface area (Å²) < 4.78 is 1.62. The number of carbonyl (C=O) groups is 1. The second-order valence-electron chi connectivity index (χ2n) is 3.85. The van der Waals surface area contributed by atoms with Gasteiger partial charge >= 0.3 is 0 Å². The topological polar surface area (TPSA) is 50.5 Å². The average molecular weight is 232 g/mol. The van der Waals surface area contributed by atoms with Crippen molar-refractivity contribution in [3.05, 3.63) is 24.0 Å². The van der Waals surface area contributed by atoms with Crippen LogP contribution in [-0.2, 0) is 0 Å². The number of hydrogen-bond acceptors (Lipinski definition) is 4. The number of rotatable bonds is 5. The van der Waals surface area contributed by atoms with Crippen LogP contribution in [0.15, 0.2) is 18.5 Å². The van der Waals surface area contributed by atoms with Gasteiger partial charge in [-0.1, -0.05) is 6.92 Å². The molecular weight excluding hydrogens is 216 g/mol. The van der Waals surface area contributed by atoms with Crippen LogP contribution < -0.4 is 4.90 Å². The third-order valence-corrected chi connectivity index (χ3v) is 2.71. The SMILES string of the molecule is CCCN(CC)c1ccn2ncc(C=O)c2n1. The minimum atomic E-state index is 0.527. The molecule has 0 amide bonds. The fraction of sp³-hybridized carbons (Fsp3) is 0.417. The first kappa shape index (κ1) is 11.6. The fourth-order valence-corrected chi connectivity index (χ4v) is 1.84. The summed E-state index contributed by atoms with van der Waals surface area (Å²) >= 11 is 0. The van der Waals surface area contributed by atoms with Gasteiger partial charge in [0.1, 0.15) is 5.82 Å². The van der Waals surface area contributed by atoms with Gasteiger partial charge in [0.2, 0.25) is 0 Å². The van der Waals surface area contributed by atoms with Gasteiger partial charge in [0.15, 0.2) is 11.9 Å². The molecule has 0 radical (unpaired) electrons. The number of carbonyl (C=O) groups excluding carboxylic acids is 1. The summed E-state index contributed by atoms with van der Waals surface area (Å²) in [5, 5.41) is 4.07. The molecule has 0 spiro atoms. The molecule has 2 aromatic rings. The lowest BCUT2D eigenvalue weighted by Crippen LogP contribution is -2.24. The highest BCUT2D eigenvalue weighted by atomic mass is 16.1. The van der Waals surface area contributed by atoms with E-state index in [2.05, 4.69) is 28.8 Å². The van der Waals surface area contributed by atoms with Gasteiger partial charge in [0, 0.05) is 19.3 Å². The highest BCUT2D eigenvalue weighted by Crippen LogP contribution is 2.14. The van der Waals surface area contributed by atoms with Gasteiger partial charge in [0.05, 0.1) is 11.8 Å². The Kier molecular flexibility index (Phi) is 3.37. The molecule has 2 heterocycles. The monoisotopic (exact) mass is 232 g/mol. The lowest BCUT2D eigenvalue weighted by atomic mass is 10.3. The second kappa shape index (κ2) is 4.95. The first-order valence-corrected chi connectivity index (χ1v) is 5.84. The van der Waals surface area contributed by atoms with Gasteiger partial charge in [-0.15, -0.1) is 0 Å². The third-order valence-electron chi connectivity index (χ3n) is 2.71. The van der Waals surface area contributed by atoms with Gasteiger partial charge in [-0.05, 0) is 19.4 Å². The number of nitrogens with zero attached hydrogens (tertiary/aromatic N) is 4. The molecule has 0 atom stereocenters. The van der Waals surface area contributed by atoms with E-state index < -0.39 is 0 Å². The molecule has 0 N–H and O–H groups in total. The molecular formula is C12H16N4O. The minimum absolute atomic E-state index is 0.527. The van der Waals surface area contributed by atoms with Crippen molar-refractivity contribution in [3.8, 4) is 0 Å². The van der Waals surface area contributed by atoms with Crippen molar-refractivity contribution in [2.45, 2.75) is 20.3 Å². The van der Waals surface area contributed by atoms with Crippen LogP contribution in [0.4, 0.5) is 5.82 Å². The van der Waals surface area contributed by atoms with E-state index in [-0.39, 0.29) is 0 Å². The molecule has 5 heteroatoms. The molecule has 90 valence electrons. The summed E-state index contributed by atoms with van der Waals surface area (Å²) in [6.45, 7) is 6.10. The minimum Gasteiger partial charge on any atom is -0.357 e. The van der Waals surface area contributed by atoms with Gasteiger partial charge < -0.3 is 4.90 Å². The van der Waals surface area contributed by atoms with E-state index in [0.29, 0.717) is 11.2 Å². The Hall–Kier alpha value is -1.91. The Morgan fingerprint density at radius 2 is 2.29 bits per heavy atom. The zero-order chi connectivity index (χ0) is 12.3. The summed E-state index contributed by atoms with van der Waals surface area (Å²) in [5.74, 6) is 0.894. The van der Waals surface area contributed by atoms with Crippen LogP contribution in [0.25, 0.3) is 5.65 Å². The van der Waals surface area contributed by atoms with Crippen molar-refractivity contribution in [3.63, 3.8) is 0 Å². The van der Waals surface area contributed by atoms with Crippen LogP contribution in [0.1, 0.15) is 30.6 Å². The van der Waals surface area contributed by atoms with Crippen LogP contribution in [0, 0.1) is 0 Å². The number of hydrogen-bond donors (Lipinski definition) is 0. The summed E-state index contributed by atoms with van der Waals surface area (Å²) in [7, 11) is 0. The Bertz CT molecular complexity index is 520. The molecule has 17 heavy (non-hydrogen) atoms. The van der Waals surface area contributed by atoms with Crippen molar-refractivity contribution in [2.24, 2.45) is 0 Å². The van der Waals surface area contributed by atoms with Crippen LogP contribution in [0.5, 0.6) is 0 Å². The van der Waals surface area contributed by atoms with Gasteiger partial charge in [0.25, 0.3) is 0 Å². The zero-order valence-corrected chi connectivity index (χ0v) is 10.1. The van der Waals surface area contributed by atoms with Crippen molar-refractivity contribution in [1.29, 1.82) is 0 Å². The molecule has 0 aromatic carbocycles. The summed E-state index contributed by atoms with van der Waals surface area (Å²) in [5.41, 5.74) is 1.14. The zero-order valence-electron chi connectivity index (χ0n) is 10.1. The van der Waals surface area contributed by atoms with Crippen molar-refractivity contribution >= 4 is 17.8 Å². The standard InChI is InChI=1S/C12H16N4O/c1-3-6-15(4-2)11-5-7-16-12(14-11)10(9-17)8-13-16/h5,7-9H,3-4,6H2,1-2H3. The molecule has 2 rings (SSSR count). The number of aromatic nitrogens is 3. The largest absolute Gasteiger partial charge is 0.357 e. The number of anilines is 1. The first-order chi connectivity index (χ1) is 8.30. The normalized spacial score (nSPS) is 10.7. The van der Waals surface area contributed by atoms with Crippen LogP contribution in [0.3, 0.4) is 0 Å². The van der Waals surface area contributed by atoms with Crippen LogP contribution in [-0.4, -0.2) is 34.0 Å². The second-order valence-corrected chi connectivity index (χ2v) is 3.85. The molecule has 0 fully saturated rings. The lowest BCUT2D eigenvalue weighted by molar-refractivity contribution is 0.112. The van der Waals surface area contributed by atoms with Gasteiger partial charge in [-0.3, -0.25) is 4.79 Å². The maximum atomic E-state index is 10.9. The van der Waals surface area contributed by atoms with E-state index in [1.54, 1.807) is 4.52 Å². The molecule has 0 saturated heterocycles. The van der Waals surface area contributed by atoms with Crippen LogP contribution >= 0.6 is 0 Å². The van der Waals surface area contributed by atoms with E-state index in [4.69, 9.17) is 0 Å². The van der Waals surface area contributed by atoms with E-state index in [1.165, 1.54) is 6.20 Å². The first-order valence-electron chi connectivity index (χ1n) is 5.84. The van der Waals surface area contributed by atoms with Gasteiger partial charge in [-0.25, -0.2) is 9.50 Å². The molecule has 0 saturated carbocycles. The Labute approximate surface area is 100 Å². The molecule has 0 aliphatic heterocycles. The number of fused-ring (bicyclic) bond motifs is 1. The molecule has 0 aliphatic rings. The van der Waals surface area contributed by atoms with Crippen molar-refractivity contribution < 1.29 is 4.79 Å². The fourth-order valence-electron chi connectivity index (χ4n) is 1.84. The maximum Gasteiger partial charge on any atom is 0.167 e. The Balaban J connectivity index is 2.44. The smallest absolute Gasteiger partial charge is 0.167 e. The summed E-state index contributed by atoms with van der Waals surface area (Å²) in [6.07, 6.45) is 5.23. The molecule has 0 aliphatic carbocycles. The van der Waals surface area contributed by atoms with E-state index in [9.17, 15) is 4.79 Å². The molecule has 0 unspecified atom stereocenters. The van der Waals surface area contributed by atoms with E-state index in [1.807, 2.05) is 12.3 Å². The highest BCUT2D eigenvalue weighted by Gasteiger charge is 2.09. The molecule has 2 aromatic heterocycles. The Morgan fingerprint density at radius 1 is 1.47 bits per heavy atom. The lowest BCUT2D eigenvalue weighted by Gasteiger charge is -2.20. The summed E-state index contributed by atoms with van der Waals surface area (Å²) in [4.78, 5) is 17.5. The maximum absolute atomic E-state index is 10.9. The number of aldehydes is 1. The average Bonchev–Trinajstić information content (AvgIpc) is 2.77. The molecule has 0 bridgehead atoms. The Morgan fingerprint density at radius 3 is 2.94 bits per heavy atom. The van der Waals surface area contributed by atoms with Crippen molar-refractivity contribution in [1.82, 2.24) is 14.6 Å². The van der Waals surface area contributed by atoms with E-state index >= 15 is 0 Å².